The number of hydrogen-bond acceptors (Lipinski definition) is 3. The molecule has 0 aromatic heterocycles. The molecule has 1 heterocycles. The third kappa shape index (κ3) is 4.23. The Kier molecular flexibility index (Phi) is 6.52. The Morgan fingerprint density at radius 1 is 1.60 bits per heavy atom. The molecule has 1 aromatic rings. The molecule has 1 amide bonds. The van der Waals surface area contributed by atoms with Gasteiger partial charge in [-0.15, -0.1) is 12.4 Å². The fourth-order valence-electron chi connectivity index (χ4n) is 2.06. The molecule has 1 aromatic carbocycles. The number of hydrogen-bond donors (Lipinski definition) is 2. The predicted molar refractivity (Wildman–Crippen MR) is 78.4 cm³/mol. The summed E-state index contributed by atoms with van der Waals surface area (Å²) in [5.74, 6) is 0.424. The van der Waals surface area contributed by atoms with E-state index in [-0.39, 0.29) is 31.3 Å². The van der Waals surface area contributed by atoms with Gasteiger partial charge >= 0.3 is 0 Å². The number of nitrogens with one attached hydrogen (secondary N) is 2. The smallest absolute Gasteiger partial charge is 0.237 e. The number of rotatable bonds is 4. The van der Waals surface area contributed by atoms with Crippen molar-refractivity contribution >= 4 is 29.9 Å². The van der Waals surface area contributed by atoms with E-state index in [0.717, 1.165) is 5.56 Å². The van der Waals surface area contributed by atoms with E-state index < -0.39 is 12.2 Å². The van der Waals surface area contributed by atoms with Crippen LogP contribution < -0.4 is 15.4 Å². The molecule has 0 radical (unpaired) electrons. The van der Waals surface area contributed by atoms with E-state index in [4.69, 9.17) is 16.3 Å². The predicted octanol–water partition coefficient (Wildman–Crippen LogP) is 2.09. The van der Waals surface area contributed by atoms with E-state index in [2.05, 4.69) is 10.6 Å². The second-order valence-electron chi connectivity index (χ2n) is 4.47. The van der Waals surface area contributed by atoms with Crippen molar-refractivity contribution in [1.82, 2.24) is 10.6 Å². The number of alkyl halides is 1. The maximum absolute atomic E-state index is 13.0. The number of amides is 1. The fraction of sp³-hybridized carbons (Fsp3) is 0.462. The van der Waals surface area contributed by atoms with Crippen LogP contribution in [0.2, 0.25) is 5.02 Å². The summed E-state index contributed by atoms with van der Waals surface area (Å²) in [5.41, 5.74) is 0.829. The number of halogens is 3. The third-order valence-electron chi connectivity index (χ3n) is 3.10. The lowest BCUT2D eigenvalue weighted by molar-refractivity contribution is -0.123. The zero-order chi connectivity index (χ0) is 13.8. The maximum atomic E-state index is 13.0. The molecule has 7 heteroatoms. The molecule has 4 nitrogen and oxygen atoms in total. The highest BCUT2D eigenvalue weighted by atomic mass is 35.5. The van der Waals surface area contributed by atoms with Crippen molar-refractivity contribution < 1.29 is 13.9 Å². The van der Waals surface area contributed by atoms with Crippen molar-refractivity contribution in [2.75, 3.05) is 13.7 Å². The molecule has 0 saturated carbocycles. The molecule has 1 aliphatic heterocycles. The van der Waals surface area contributed by atoms with Crippen LogP contribution in [0.5, 0.6) is 5.75 Å². The van der Waals surface area contributed by atoms with Crippen molar-refractivity contribution in [3.8, 4) is 5.75 Å². The van der Waals surface area contributed by atoms with Gasteiger partial charge in [0.15, 0.2) is 0 Å². The molecule has 0 spiro atoms. The first-order chi connectivity index (χ1) is 9.10. The van der Waals surface area contributed by atoms with Crippen molar-refractivity contribution in [3.05, 3.63) is 28.8 Å². The van der Waals surface area contributed by atoms with Crippen molar-refractivity contribution in [3.63, 3.8) is 0 Å². The van der Waals surface area contributed by atoms with E-state index in [0.29, 0.717) is 17.3 Å². The Labute approximate surface area is 128 Å². The molecule has 2 rings (SSSR count). The largest absolute Gasteiger partial charge is 0.496 e. The van der Waals surface area contributed by atoms with E-state index in [9.17, 15) is 9.18 Å². The molecule has 0 aliphatic carbocycles. The van der Waals surface area contributed by atoms with E-state index in [1.165, 1.54) is 0 Å². The average Bonchev–Trinajstić information content (AvgIpc) is 2.83. The summed E-state index contributed by atoms with van der Waals surface area (Å²) in [7, 11) is 1.54. The van der Waals surface area contributed by atoms with Crippen LogP contribution in [0.15, 0.2) is 18.2 Å². The van der Waals surface area contributed by atoms with Crippen molar-refractivity contribution in [2.45, 2.75) is 25.2 Å². The summed E-state index contributed by atoms with van der Waals surface area (Å²) in [5, 5.41) is 6.18. The van der Waals surface area contributed by atoms with Gasteiger partial charge in [0.1, 0.15) is 11.9 Å². The molecule has 1 aliphatic rings. The van der Waals surface area contributed by atoms with Gasteiger partial charge in [-0.1, -0.05) is 17.7 Å². The molecule has 2 atom stereocenters. The minimum Gasteiger partial charge on any atom is -0.496 e. The van der Waals surface area contributed by atoms with Gasteiger partial charge in [0, 0.05) is 30.1 Å². The molecule has 20 heavy (non-hydrogen) atoms. The van der Waals surface area contributed by atoms with E-state index >= 15 is 0 Å². The van der Waals surface area contributed by atoms with Gasteiger partial charge in [-0.05, 0) is 12.1 Å². The van der Waals surface area contributed by atoms with Crippen LogP contribution in [-0.2, 0) is 11.3 Å². The molecule has 1 saturated heterocycles. The third-order valence-corrected chi connectivity index (χ3v) is 3.33. The Morgan fingerprint density at radius 2 is 2.35 bits per heavy atom. The lowest BCUT2D eigenvalue weighted by Gasteiger charge is -2.13. The highest BCUT2D eigenvalue weighted by Crippen LogP contribution is 2.23. The normalized spacial score (nSPS) is 21.1. The topological polar surface area (TPSA) is 50.4 Å². The van der Waals surface area contributed by atoms with Crippen LogP contribution in [-0.4, -0.2) is 31.8 Å². The lowest BCUT2D eigenvalue weighted by atomic mass is 10.1. The Bertz CT molecular complexity index is 474. The van der Waals surface area contributed by atoms with Crippen molar-refractivity contribution in [1.29, 1.82) is 0 Å². The zero-order valence-corrected chi connectivity index (χ0v) is 12.6. The molecule has 2 N–H and O–H groups in total. The Balaban J connectivity index is 0.00000200. The first-order valence-electron chi connectivity index (χ1n) is 6.07. The fourth-order valence-corrected chi connectivity index (χ4v) is 2.22. The minimum atomic E-state index is -0.944. The second-order valence-corrected chi connectivity index (χ2v) is 4.90. The first-order valence-corrected chi connectivity index (χ1v) is 6.45. The van der Waals surface area contributed by atoms with Crippen LogP contribution in [0.1, 0.15) is 12.0 Å². The Hall–Kier alpha value is -1.04. The quantitative estimate of drug-likeness (QED) is 0.892. The molecular formula is C13H17Cl2FN2O2. The van der Waals surface area contributed by atoms with E-state index in [1.807, 2.05) is 0 Å². The average molecular weight is 323 g/mol. The summed E-state index contributed by atoms with van der Waals surface area (Å²) in [6, 6.07) is 4.76. The number of methoxy groups -OCH3 is 1. The summed E-state index contributed by atoms with van der Waals surface area (Å²) < 4.78 is 18.2. The molecular weight excluding hydrogens is 306 g/mol. The summed E-state index contributed by atoms with van der Waals surface area (Å²) in [4.78, 5) is 11.8. The van der Waals surface area contributed by atoms with E-state index in [1.54, 1.807) is 25.3 Å². The van der Waals surface area contributed by atoms with Gasteiger partial charge in [0.2, 0.25) is 5.91 Å². The highest BCUT2D eigenvalue weighted by molar-refractivity contribution is 6.30. The van der Waals surface area contributed by atoms with Gasteiger partial charge in [-0.2, -0.15) is 0 Å². The number of carbonyl (C=O) groups excluding carboxylic acids is 1. The van der Waals surface area contributed by atoms with Crippen molar-refractivity contribution in [2.24, 2.45) is 0 Å². The van der Waals surface area contributed by atoms with Crippen LogP contribution in [0.25, 0.3) is 0 Å². The van der Waals surface area contributed by atoms with Crippen LogP contribution >= 0.6 is 24.0 Å². The standard InChI is InChI=1S/C13H16ClFN2O2.ClH/c1-19-12-4-9(14)3-2-8(12)6-17-13(18)11-5-10(15)7-16-11;/h2-4,10-11,16H,5-7H2,1H3,(H,17,18);1H/t10-,11+;/m0./s1. The number of carbonyl (C=O) groups is 1. The summed E-state index contributed by atoms with van der Waals surface area (Å²) in [6.45, 7) is 0.566. The molecule has 0 bridgehead atoms. The molecule has 1 fully saturated rings. The van der Waals surface area contributed by atoms with Crippen LogP contribution in [0.3, 0.4) is 0 Å². The number of benzene rings is 1. The maximum Gasteiger partial charge on any atom is 0.237 e. The van der Waals surface area contributed by atoms with Gasteiger partial charge < -0.3 is 15.4 Å². The van der Waals surface area contributed by atoms with Gasteiger partial charge in [-0.3, -0.25) is 4.79 Å². The van der Waals surface area contributed by atoms with Gasteiger partial charge in [0.25, 0.3) is 0 Å². The van der Waals surface area contributed by atoms with Gasteiger partial charge in [0.05, 0.1) is 13.2 Å². The van der Waals surface area contributed by atoms with Crippen LogP contribution in [0.4, 0.5) is 4.39 Å². The summed E-state index contributed by atoms with van der Waals surface area (Å²) in [6.07, 6.45) is -0.718. The zero-order valence-electron chi connectivity index (χ0n) is 11.0. The second kappa shape index (κ2) is 7.67. The SMILES string of the molecule is COc1cc(Cl)ccc1CNC(=O)[C@H]1C[C@H](F)CN1.Cl. The monoisotopic (exact) mass is 322 g/mol. The highest BCUT2D eigenvalue weighted by Gasteiger charge is 2.28. The Morgan fingerprint density at radius 3 is 2.95 bits per heavy atom. The lowest BCUT2D eigenvalue weighted by Crippen LogP contribution is -2.40. The minimum absolute atomic E-state index is 0. The molecule has 112 valence electrons. The van der Waals surface area contributed by atoms with Crippen LogP contribution in [0, 0.1) is 0 Å². The first kappa shape index (κ1) is 17.0. The number of ether oxygens (including phenoxy) is 1. The molecule has 0 unspecified atom stereocenters. The summed E-state index contributed by atoms with van der Waals surface area (Å²) >= 11 is 5.86. The van der Waals surface area contributed by atoms with Gasteiger partial charge in [-0.25, -0.2) is 4.39 Å².